The molecule has 0 spiro atoms. The first-order valence-electron chi connectivity index (χ1n) is 15.2. The minimum absolute atomic E-state index is 0.0135. The number of likely N-dealkylation sites (tertiary alicyclic amines) is 1. The molecule has 1 fully saturated rings. The van der Waals surface area contributed by atoms with Gasteiger partial charge in [-0.05, 0) is 74.2 Å². The van der Waals surface area contributed by atoms with Gasteiger partial charge in [0.1, 0.15) is 16.9 Å². The van der Waals surface area contributed by atoms with Crippen LogP contribution in [-0.2, 0) is 25.2 Å². The third-order valence-corrected chi connectivity index (χ3v) is 11.3. The maximum absolute atomic E-state index is 13.8. The van der Waals surface area contributed by atoms with Gasteiger partial charge in [-0.2, -0.15) is 0 Å². The molecule has 1 aliphatic rings. The number of likely N-dealkylation sites (N-methyl/N-ethyl adjacent to an activating group) is 1. The number of benzene rings is 2. The van der Waals surface area contributed by atoms with Gasteiger partial charge in [0, 0.05) is 32.1 Å². The number of amides is 1. The lowest BCUT2D eigenvalue weighted by Gasteiger charge is -2.33. The van der Waals surface area contributed by atoms with Crippen LogP contribution in [0.1, 0.15) is 65.1 Å². The Morgan fingerprint density at radius 2 is 1.84 bits per heavy atom. The number of ether oxygens (including phenoxy) is 2. The van der Waals surface area contributed by atoms with Crippen LogP contribution in [0.15, 0.2) is 59.2 Å². The number of furan rings is 1. The largest absolute Gasteiger partial charge is 0.482 e. The van der Waals surface area contributed by atoms with Crippen LogP contribution >= 0.6 is 0 Å². The minimum atomic E-state index is -1.35. The molecule has 2 aromatic carbocycles. The van der Waals surface area contributed by atoms with Gasteiger partial charge < -0.3 is 23.2 Å². The zero-order chi connectivity index (χ0) is 31.4. The maximum atomic E-state index is 13.8. The van der Waals surface area contributed by atoms with Gasteiger partial charge in [-0.25, -0.2) is 4.79 Å². The summed E-state index contributed by atoms with van der Waals surface area (Å²) < 4.78 is 23.3. The standard InChI is InChI=1S/C34H48N2O6Si/c1-33(2,3)41-32(38)23-40-26-13-9-12-25(19-26)29(22-36-17-15-27(21-36)42-43(8)34(4,5)6)35(7)31(37)20-24-11-10-14-30-28(24)16-18-39-30/h9-14,16,18-19,27,29,43H,15,17,20-23H2,1-8H3/t27-,29+,43?/m0/s1. The van der Waals surface area contributed by atoms with Crippen LogP contribution in [0.5, 0.6) is 5.75 Å². The molecule has 9 heteroatoms. The molecule has 1 saturated heterocycles. The topological polar surface area (TPSA) is 81.5 Å². The van der Waals surface area contributed by atoms with E-state index in [1.165, 1.54) is 0 Å². The highest BCUT2D eigenvalue weighted by molar-refractivity contribution is 6.53. The first-order chi connectivity index (χ1) is 20.2. The Kier molecular flexibility index (Phi) is 10.4. The summed E-state index contributed by atoms with van der Waals surface area (Å²) in [6.45, 7) is 16.8. The Balaban J connectivity index is 1.52. The van der Waals surface area contributed by atoms with Crippen molar-refractivity contribution in [3.05, 3.63) is 65.9 Å². The fourth-order valence-electron chi connectivity index (χ4n) is 5.26. The number of hydrogen-bond acceptors (Lipinski definition) is 7. The first kappa shape index (κ1) is 32.8. The van der Waals surface area contributed by atoms with Crippen LogP contribution in [0.4, 0.5) is 0 Å². The lowest BCUT2D eigenvalue weighted by molar-refractivity contribution is -0.157. The second-order valence-corrected chi connectivity index (χ2v) is 17.0. The van der Waals surface area contributed by atoms with E-state index in [0.29, 0.717) is 12.3 Å². The Morgan fingerprint density at radius 3 is 2.56 bits per heavy atom. The van der Waals surface area contributed by atoms with Gasteiger partial charge in [0.15, 0.2) is 15.6 Å². The first-order valence-corrected chi connectivity index (χ1v) is 17.4. The zero-order valence-electron chi connectivity index (χ0n) is 27.0. The Morgan fingerprint density at radius 1 is 1.09 bits per heavy atom. The van der Waals surface area contributed by atoms with Gasteiger partial charge in [-0.15, -0.1) is 0 Å². The average molecular weight is 609 g/mol. The fraction of sp³-hybridized carbons (Fsp3) is 0.529. The Hall–Kier alpha value is -3.14. The van der Waals surface area contributed by atoms with E-state index in [2.05, 4.69) is 32.2 Å². The van der Waals surface area contributed by atoms with Gasteiger partial charge in [-0.1, -0.05) is 45.0 Å². The molecule has 1 aromatic heterocycles. The van der Waals surface area contributed by atoms with Gasteiger partial charge in [0.25, 0.3) is 0 Å². The second-order valence-electron chi connectivity index (χ2n) is 13.7. The van der Waals surface area contributed by atoms with Crippen LogP contribution in [-0.4, -0.2) is 75.7 Å². The molecule has 1 unspecified atom stereocenters. The lowest BCUT2D eigenvalue weighted by atomic mass is 10.0. The van der Waals surface area contributed by atoms with Crippen LogP contribution in [0.2, 0.25) is 11.6 Å². The van der Waals surface area contributed by atoms with E-state index in [1.807, 2.05) is 81.2 Å². The van der Waals surface area contributed by atoms with Crippen molar-refractivity contribution < 1.29 is 27.9 Å². The highest BCUT2D eigenvalue weighted by atomic mass is 28.3. The summed E-state index contributed by atoms with van der Waals surface area (Å²) in [5.41, 5.74) is 2.07. The zero-order valence-corrected chi connectivity index (χ0v) is 28.2. The highest BCUT2D eigenvalue weighted by Crippen LogP contribution is 2.31. The number of esters is 1. The Bertz CT molecular complexity index is 1390. The number of fused-ring (bicyclic) bond motifs is 1. The van der Waals surface area contributed by atoms with E-state index in [0.717, 1.165) is 41.6 Å². The van der Waals surface area contributed by atoms with Crippen LogP contribution < -0.4 is 4.74 Å². The average Bonchev–Trinajstić information content (AvgIpc) is 3.59. The molecule has 3 atom stereocenters. The highest BCUT2D eigenvalue weighted by Gasteiger charge is 2.33. The van der Waals surface area contributed by atoms with Crippen LogP contribution in [0.3, 0.4) is 0 Å². The predicted octanol–water partition coefficient (Wildman–Crippen LogP) is 6.14. The predicted molar refractivity (Wildman–Crippen MR) is 172 cm³/mol. The van der Waals surface area contributed by atoms with E-state index in [-0.39, 0.29) is 36.1 Å². The molecule has 234 valence electrons. The SMILES string of the molecule is CN(C(=O)Cc1cccc2occc12)[C@H](CN1CC[C@H](O[SiH](C)C(C)(C)C)C1)c1cccc(OCC(=O)OC(C)(C)C)c1. The fourth-order valence-corrected chi connectivity index (χ4v) is 6.47. The molecule has 0 radical (unpaired) electrons. The molecule has 0 N–H and O–H groups in total. The number of carbonyl (C=O) groups is 2. The van der Waals surface area contributed by atoms with Crippen molar-refractivity contribution in [1.29, 1.82) is 0 Å². The molecular weight excluding hydrogens is 560 g/mol. The summed E-state index contributed by atoms with van der Waals surface area (Å²) in [5.74, 6) is 0.149. The molecule has 2 heterocycles. The Labute approximate surface area is 258 Å². The molecule has 0 aliphatic carbocycles. The summed E-state index contributed by atoms with van der Waals surface area (Å²) >= 11 is 0. The number of carbonyl (C=O) groups excluding carboxylic acids is 2. The molecule has 3 aromatic rings. The van der Waals surface area contributed by atoms with E-state index in [4.69, 9.17) is 18.3 Å². The van der Waals surface area contributed by atoms with Gasteiger partial charge in [0.2, 0.25) is 5.91 Å². The third-order valence-electron chi connectivity index (χ3n) is 8.08. The molecule has 1 amide bonds. The molecule has 43 heavy (non-hydrogen) atoms. The summed E-state index contributed by atoms with van der Waals surface area (Å²) in [6.07, 6.45) is 3.12. The molecule has 4 rings (SSSR count). The molecule has 0 saturated carbocycles. The van der Waals surface area contributed by atoms with Gasteiger partial charge in [-0.3, -0.25) is 9.69 Å². The van der Waals surface area contributed by atoms with Gasteiger partial charge in [0.05, 0.1) is 24.8 Å². The van der Waals surface area contributed by atoms with Crippen LogP contribution in [0, 0.1) is 0 Å². The van der Waals surface area contributed by atoms with Crippen LogP contribution in [0.25, 0.3) is 11.0 Å². The monoisotopic (exact) mass is 608 g/mol. The number of rotatable bonds is 11. The minimum Gasteiger partial charge on any atom is -0.482 e. The smallest absolute Gasteiger partial charge is 0.344 e. The van der Waals surface area contributed by atoms with Crippen molar-refractivity contribution >= 4 is 31.9 Å². The summed E-state index contributed by atoms with van der Waals surface area (Å²) in [5, 5.41) is 1.16. The van der Waals surface area contributed by atoms with E-state index in [9.17, 15) is 9.59 Å². The van der Waals surface area contributed by atoms with Crippen molar-refractivity contribution in [2.24, 2.45) is 0 Å². The van der Waals surface area contributed by atoms with Crippen molar-refractivity contribution in [2.75, 3.05) is 33.3 Å². The molecule has 1 aliphatic heterocycles. The van der Waals surface area contributed by atoms with Crippen molar-refractivity contribution in [3.8, 4) is 5.75 Å². The summed E-state index contributed by atoms with van der Waals surface area (Å²) in [6, 6.07) is 15.2. The normalized spacial score (nSPS) is 17.5. The van der Waals surface area contributed by atoms with Crippen molar-refractivity contribution in [1.82, 2.24) is 9.80 Å². The van der Waals surface area contributed by atoms with Crippen molar-refractivity contribution in [3.63, 3.8) is 0 Å². The van der Waals surface area contributed by atoms with Gasteiger partial charge >= 0.3 is 5.97 Å². The van der Waals surface area contributed by atoms with Crippen molar-refractivity contribution in [2.45, 2.75) is 83.7 Å². The maximum Gasteiger partial charge on any atom is 0.344 e. The third kappa shape index (κ3) is 9.17. The second kappa shape index (κ2) is 13.7. The lowest BCUT2D eigenvalue weighted by Crippen LogP contribution is -2.40. The van der Waals surface area contributed by atoms with E-state index < -0.39 is 20.6 Å². The number of hydrogen-bond donors (Lipinski definition) is 0. The molecule has 8 nitrogen and oxygen atoms in total. The summed E-state index contributed by atoms with van der Waals surface area (Å²) in [4.78, 5) is 30.3. The van der Waals surface area contributed by atoms with E-state index in [1.54, 1.807) is 6.26 Å². The van der Waals surface area contributed by atoms with E-state index >= 15 is 0 Å². The molecular formula is C34H48N2O6Si. The molecule has 0 bridgehead atoms. The quantitative estimate of drug-likeness (QED) is 0.191. The number of nitrogens with zero attached hydrogens (tertiary/aromatic N) is 2. The summed E-state index contributed by atoms with van der Waals surface area (Å²) in [7, 11) is 0.523.